The number of halogens is 6. The summed E-state index contributed by atoms with van der Waals surface area (Å²) in [4.78, 5) is 0. The van der Waals surface area contributed by atoms with Gasteiger partial charge in [0.05, 0.1) is 0 Å². The molecule has 5 atom stereocenters. The van der Waals surface area contributed by atoms with Crippen molar-refractivity contribution < 1.29 is 36.6 Å². The van der Waals surface area contributed by atoms with Crippen LogP contribution >= 0.6 is 0 Å². The van der Waals surface area contributed by atoms with Gasteiger partial charge in [-0.25, -0.2) is 0 Å². The van der Waals surface area contributed by atoms with E-state index in [0.717, 1.165) is 0 Å². The van der Waals surface area contributed by atoms with E-state index in [2.05, 4.69) is 0 Å². The molecule has 0 aliphatic heterocycles. The Hall–Kier alpha value is -0.500. The molecule has 0 spiro atoms. The number of alkyl halides is 6. The van der Waals surface area contributed by atoms with E-state index in [4.69, 9.17) is 0 Å². The summed E-state index contributed by atoms with van der Waals surface area (Å²) in [6.45, 7) is 4.80. The Balaban J connectivity index is 3.20. The molecule has 0 radical (unpaired) electrons. The second kappa shape index (κ2) is 6.67. The summed E-state index contributed by atoms with van der Waals surface area (Å²) in [6.07, 6.45) is -9.82. The number of hydrogen-bond acceptors (Lipinski definition) is 2. The Labute approximate surface area is 138 Å². The smallest absolute Gasteiger partial charge is 0.380 e. The van der Waals surface area contributed by atoms with E-state index in [1.165, 1.54) is 0 Å². The Morgan fingerprint density at radius 3 is 1.42 bits per heavy atom. The maximum atomic E-state index is 13.2. The maximum Gasteiger partial charge on any atom is 0.417 e. The third kappa shape index (κ3) is 4.00. The van der Waals surface area contributed by atoms with Crippen molar-refractivity contribution in [2.24, 2.45) is 23.7 Å². The van der Waals surface area contributed by atoms with Crippen molar-refractivity contribution in [3.8, 4) is 0 Å². The van der Waals surface area contributed by atoms with Gasteiger partial charge in [-0.05, 0) is 56.8 Å². The molecule has 1 rings (SSSR count). The normalized spacial score (nSPS) is 32.8. The van der Waals surface area contributed by atoms with Crippen molar-refractivity contribution in [1.82, 2.24) is 0 Å². The fourth-order valence-corrected chi connectivity index (χ4v) is 3.54. The molecule has 1 aliphatic rings. The molecule has 0 amide bonds. The zero-order chi connectivity index (χ0) is 19.1. The minimum atomic E-state index is -4.94. The molecule has 144 valence electrons. The summed E-state index contributed by atoms with van der Waals surface area (Å²) in [5, 5.41) is 19.9. The van der Waals surface area contributed by atoms with Crippen molar-refractivity contribution in [3.63, 3.8) is 0 Å². The Bertz CT molecular complexity index is 393. The van der Waals surface area contributed by atoms with Gasteiger partial charge in [0.2, 0.25) is 0 Å². The average molecular weight is 364 g/mol. The molecule has 1 aliphatic carbocycles. The van der Waals surface area contributed by atoms with Gasteiger partial charge in [0, 0.05) is 0 Å². The van der Waals surface area contributed by atoms with Crippen molar-refractivity contribution in [2.45, 2.75) is 76.9 Å². The minimum absolute atomic E-state index is 0.00798. The summed E-state index contributed by atoms with van der Waals surface area (Å²) in [7, 11) is 0. The fourth-order valence-electron chi connectivity index (χ4n) is 3.54. The highest BCUT2D eigenvalue weighted by molar-refractivity contribution is 5.00. The van der Waals surface area contributed by atoms with Gasteiger partial charge in [0.15, 0.2) is 11.2 Å². The lowest BCUT2D eigenvalue weighted by atomic mass is 9.62. The Kier molecular flexibility index (Phi) is 5.98. The first kappa shape index (κ1) is 21.5. The molecular formula is C16H26F6O2. The number of aliphatic hydroxyl groups is 2. The SMILES string of the molecule is CCC(C)C1CC(C(C)(O)C(F)(F)F)CC(C(C)(O)C(F)(F)F)C1. The van der Waals surface area contributed by atoms with E-state index < -0.39 is 47.7 Å². The van der Waals surface area contributed by atoms with Crippen LogP contribution in [0.5, 0.6) is 0 Å². The first-order valence-corrected chi connectivity index (χ1v) is 8.13. The van der Waals surface area contributed by atoms with E-state index in [-0.39, 0.29) is 18.8 Å². The third-order valence-corrected chi connectivity index (χ3v) is 5.93. The number of rotatable bonds is 4. The highest BCUT2D eigenvalue weighted by atomic mass is 19.4. The molecule has 2 N–H and O–H groups in total. The Morgan fingerprint density at radius 2 is 1.17 bits per heavy atom. The molecule has 1 saturated carbocycles. The van der Waals surface area contributed by atoms with Crippen LogP contribution in [-0.4, -0.2) is 33.8 Å². The minimum Gasteiger partial charge on any atom is -0.380 e. The highest BCUT2D eigenvalue weighted by Crippen LogP contribution is 2.52. The van der Waals surface area contributed by atoms with Crippen LogP contribution in [-0.2, 0) is 0 Å². The van der Waals surface area contributed by atoms with Gasteiger partial charge in [0.25, 0.3) is 0 Å². The third-order valence-electron chi connectivity index (χ3n) is 5.93. The summed E-state index contributed by atoms with van der Waals surface area (Å²) >= 11 is 0. The van der Waals surface area contributed by atoms with E-state index in [1.807, 2.05) is 6.92 Å². The lowest BCUT2D eigenvalue weighted by molar-refractivity contribution is -0.298. The van der Waals surface area contributed by atoms with Crippen LogP contribution in [0.15, 0.2) is 0 Å². The molecule has 0 aromatic rings. The van der Waals surface area contributed by atoms with Crippen LogP contribution in [0.4, 0.5) is 26.3 Å². The fraction of sp³-hybridized carbons (Fsp3) is 1.00. The predicted octanol–water partition coefficient (Wildman–Crippen LogP) is 4.69. The molecule has 0 aromatic carbocycles. The quantitative estimate of drug-likeness (QED) is 0.711. The zero-order valence-electron chi connectivity index (χ0n) is 14.3. The Morgan fingerprint density at radius 1 is 0.833 bits per heavy atom. The van der Waals surface area contributed by atoms with Crippen LogP contribution in [0.25, 0.3) is 0 Å². The summed E-state index contributed by atoms with van der Waals surface area (Å²) in [6, 6.07) is 0. The van der Waals surface area contributed by atoms with Gasteiger partial charge in [-0.1, -0.05) is 20.3 Å². The zero-order valence-corrected chi connectivity index (χ0v) is 14.3. The predicted molar refractivity (Wildman–Crippen MR) is 77.1 cm³/mol. The molecule has 24 heavy (non-hydrogen) atoms. The van der Waals surface area contributed by atoms with Crippen LogP contribution in [0.1, 0.15) is 53.4 Å². The number of hydrogen-bond donors (Lipinski definition) is 2. The van der Waals surface area contributed by atoms with Gasteiger partial charge >= 0.3 is 12.4 Å². The van der Waals surface area contributed by atoms with Gasteiger partial charge in [-0.2, -0.15) is 26.3 Å². The summed E-state index contributed by atoms with van der Waals surface area (Å²) in [5.41, 5.74) is -6.17. The van der Waals surface area contributed by atoms with Crippen molar-refractivity contribution in [3.05, 3.63) is 0 Å². The van der Waals surface area contributed by atoms with E-state index in [0.29, 0.717) is 20.3 Å². The summed E-state index contributed by atoms with van der Waals surface area (Å²) < 4.78 is 78.9. The summed E-state index contributed by atoms with van der Waals surface area (Å²) in [5.74, 6) is -3.28. The van der Waals surface area contributed by atoms with Crippen LogP contribution < -0.4 is 0 Å². The monoisotopic (exact) mass is 364 g/mol. The van der Waals surface area contributed by atoms with Crippen LogP contribution in [0.3, 0.4) is 0 Å². The van der Waals surface area contributed by atoms with E-state index >= 15 is 0 Å². The lowest BCUT2D eigenvalue weighted by Crippen LogP contribution is -2.56. The second-order valence-corrected chi connectivity index (χ2v) is 7.54. The first-order chi connectivity index (χ1) is 10.6. The van der Waals surface area contributed by atoms with Gasteiger partial charge in [0.1, 0.15) is 0 Å². The molecule has 1 fully saturated rings. The molecule has 0 saturated heterocycles. The molecule has 8 heteroatoms. The maximum absolute atomic E-state index is 13.2. The molecule has 0 aromatic heterocycles. The van der Waals surface area contributed by atoms with Crippen molar-refractivity contribution in [2.75, 3.05) is 0 Å². The van der Waals surface area contributed by atoms with Gasteiger partial charge in [-0.3, -0.25) is 0 Å². The van der Waals surface area contributed by atoms with Gasteiger partial charge in [-0.15, -0.1) is 0 Å². The van der Waals surface area contributed by atoms with Crippen LogP contribution in [0.2, 0.25) is 0 Å². The average Bonchev–Trinajstić information content (AvgIpc) is 2.43. The van der Waals surface area contributed by atoms with Crippen molar-refractivity contribution >= 4 is 0 Å². The lowest BCUT2D eigenvalue weighted by Gasteiger charge is -2.48. The van der Waals surface area contributed by atoms with Crippen molar-refractivity contribution in [1.29, 1.82) is 0 Å². The van der Waals surface area contributed by atoms with E-state index in [1.54, 1.807) is 6.92 Å². The second-order valence-electron chi connectivity index (χ2n) is 7.54. The topological polar surface area (TPSA) is 40.5 Å². The highest BCUT2D eigenvalue weighted by Gasteiger charge is 2.61. The van der Waals surface area contributed by atoms with E-state index in [9.17, 15) is 36.6 Å². The molecular weight excluding hydrogens is 338 g/mol. The standard InChI is InChI=1S/C16H26F6O2/c1-5-9(2)10-6-11(13(3,23)15(17,18)19)8-12(7-10)14(4,24)16(20,21)22/h9-12,23-24H,5-8H2,1-4H3. The van der Waals surface area contributed by atoms with Crippen LogP contribution in [0, 0.1) is 23.7 Å². The van der Waals surface area contributed by atoms with Gasteiger partial charge < -0.3 is 10.2 Å². The molecule has 5 unspecified atom stereocenters. The molecule has 0 bridgehead atoms. The molecule has 0 heterocycles. The first-order valence-electron chi connectivity index (χ1n) is 8.13. The largest absolute Gasteiger partial charge is 0.417 e. The molecule has 2 nitrogen and oxygen atoms in total.